The number of nitrogens with zero attached hydrogens (tertiary/aromatic N) is 7. The molecule has 0 unspecified atom stereocenters. The van der Waals surface area contributed by atoms with Crippen LogP contribution in [-0.2, 0) is 4.74 Å². The summed E-state index contributed by atoms with van der Waals surface area (Å²) in [6, 6.07) is 13.8. The molecule has 0 amide bonds. The monoisotopic (exact) mass is 439 g/mol. The van der Waals surface area contributed by atoms with E-state index in [1.807, 2.05) is 42.6 Å². The zero-order valence-corrected chi connectivity index (χ0v) is 17.7. The van der Waals surface area contributed by atoms with E-state index >= 15 is 0 Å². The fourth-order valence-electron chi connectivity index (χ4n) is 3.92. The number of hydrazone groups is 1. The Balaban J connectivity index is 1.36. The number of benzene rings is 1. The summed E-state index contributed by atoms with van der Waals surface area (Å²) in [6.45, 7) is 2.86. The lowest BCUT2D eigenvalue weighted by Crippen LogP contribution is -2.37. The average molecular weight is 439 g/mol. The molecule has 33 heavy (non-hydrogen) atoms. The summed E-state index contributed by atoms with van der Waals surface area (Å²) in [5.74, 6) is 2.57. The van der Waals surface area contributed by atoms with Gasteiger partial charge >= 0.3 is 0 Å². The number of aromatic amines is 1. The van der Waals surface area contributed by atoms with Gasteiger partial charge in [0, 0.05) is 59.8 Å². The third-order valence-corrected chi connectivity index (χ3v) is 5.57. The Morgan fingerprint density at radius 1 is 1.06 bits per heavy atom. The van der Waals surface area contributed by atoms with E-state index < -0.39 is 0 Å². The van der Waals surface area contributed by atoms with E-state index in [1.54, 1.807) is 23.1 Å². The van der Waals surface area contributed by atoms with Gasteiger partial charge in [-0.05, 0) is 18.2 Å². The third kappa shape index (κ3) is 3.76. The molecule has 10 nitrogen and oxygen atoms in total. The van der Waals surface area contributed by atoms with E-state index in [-0.39, 0.29) is 0 Å². The van der Waals surface area contributed by atoms with Crippen LogP contribution < -0.4 is 10.3 Å². The third-order valence-electron chi connectivity index (χ3n) is 5.57. The Bertz CT molecular complexity index is 1430. The summed E-state index contributed by atoms with van der Waals surface area (Å²) in [4.78, 5) is 18.8. The molecule has 164 valence electrons. The number of rotatable bonds is 5. The number of morpholine rings is 1. The van der Waals surface area contributed by atoms with Crippen LogP contribution in [0.5, 0.6) is 0 Å². The van der Waals surface area contributed by atoms with Gasteiger partial charge in [0.15, 0.2) is 11.6 Å². The first-order chi connectivity index (χ1) is 16.3. The Hall–Kier alpha value is -4.31. The van der Waals surface area contributed by atoms with E-state index in [1.165, 1.54) is 0 Å². The van der Waals surface area contributed by atoms with E-state index in [2.05, 4.69) is 41.4 Å². The summed E-state index contributed by atoms with van der Waals surface area (Å²) in [7, 11) is 0. The van der Waals surface area contributed by atoms with Crippen LogP contribution in [0.15, 0.2) is 66.2 Å². The highest BCUT2D eigenvalue weighted by atomic mass is 16.5. The van der Waals surface area contributed by atoms with Crippen LogP contribution in [0, 0.1) is 0 Å². The second kappa shape index (κ2) is 8.32. The maximum atomic E-state index is 5.53. The second-order valence-corrected chi connectivity index (χ2v) is 7.64. The molecular weight excluding hydrogens is 418 g/mol. The molecule has 4 aromatic heterocycles. The number of para-hydroxylation sites is 1. The van der Waals surface area contributed by atoms with Crippen LogP contribution >= 0.6 is 0 Å². The first-order valence-electron chi connectivity index (χ1n) is 10.7. The number of H-pyrrole nitrogens is 1. The van der Waals surface area contributed by atoms with Crippen molar-refractivity contribution >= 4 is 34.5 Å². The molecule has 2 N–H and O–H groups in total. The van der Waals surface area contributed by atoms with Gasteiger partial charge in [-0.2, -0.15) is 19.6 Å². The average Bonchev–Trinajstić information content (AvgIpc) is 3.49. The molecule has 0 atom stereocenters. The van der Waals surface area contributed by atoms with Crippen LogP contribution in [0.4, 0.5) is 11.6 Å². The smallest absolute Gasteiger partial charge is 0.256 e. The molecule has 0 bridgehead atoms. The van der Waals surface area contributed by atoms with Gasteiger partial charge in [-0.25, -0.2) is 0 Å². The molecular formula is C23H21N9O. The van der Waals surface area contributed by atoms with Crippen LogP contribution in [0.2, 0.25) is 0 Å². The lowest BCUT2D eigenvalue weighted by Gasteiger charge is -2.28. The zero-order chi connectivity index (χ0) is 22.0. The SMILES string of the molecule is C(=N\Nc1cc(N2CCOCC2)n2nc(-c3ccncc3)nc2n1)/c1c[nH]c2ccccc12. The van der Waals surface area contributed by atoms with Crippen LogP contribution in [0.3, 0.4) is 0 Å². The minimum Gasteiger partial charge on any atom is -0.378 e. The van der Waals surface area contributed by atoms with E-state index in [0.29, 0.717) is 30.6 Å². The van der Waals surface area contributed by atoms with Crippen molar-refractivity contribution in [1.82, 2.24) is 29.5 Å². The van der Waals surface area contributed by atoms with Gasteiger partial charge in [-0.1, -0.05) is 18.2 Å². The molecule has 5 aromatic rings. The predicted octanol–water partition coefficient (Wildman–Crippen LogP) is 2.95. The molecule has 5 heterocycles. The van der Waals surface area contributed by atoms with Gasteiger partial charge in [0.2, 0.25) is 0 Å². The highest BCUT2D eigenvalue weighted by molar-refractivity contribution is 5.99. The van der Waals surface area contributed by atoms with Crippen molar-refractivity contribution in [2.45, 2.75) is 0 Å². The highest BCUT2D eigenvalue weighted by Crippen LogP contribution is 2.23. The van der Waals surface area contributed by atoms with Gasteiger partial charge < -0.3 is 14.6 Å². The van der Waals surface area contributed by atoms with Crippen LogP contribution in [0.25, 0.3) is 28.1 Å². The van der Waals surface area contributed by atoms with Crippen molar-refractivity contribution in [1.29, 1.82) is 0 Å². The summed E-state index contributed by atoms with van der Waals surface area (Å²) in [5, 5.41) is 10.3. The molecule has 0 radical (unpaired) electrons. The summed E-state index contributed by atoms with van der Waals surface area (Å²) in [6.07, 6.45) is 7.17. The normalized spacial score (nSPS) is 14.5. The lowest BCUT2D eigenvalue weighted by atomic mass is 10.2. The minimum atomic E-state index is 0.496. The maximum absolute atomic E-state index is 5.53. The van der Waals surface area contributed by atoms with Gasteiger partial charge in [0.1, 0.15) is 5.82 Å². The summed E-state index contributed by atoms with van der Waals surface area (Å²) < 4.78 is 7.30. The quantitative estimate of drug-likeness (QED) is 0.320. The van der Waals surface area contributed by atoms with Crippen molar-refractivity contribution in [2.75, 3.05) is 36.6 Å². The molecule has 0 saturated carbocycles. The highest BCUT2D eigenvalue weighted by Gasteiger charge is 2.19. The Morgan fingerprint density at radius 3 is 2.79 bits per heavy atom. The van der Waals surface area contributed by atoms with Crippen LogP contribution in [0.1, 0.15) is 5.56 Å². The molecule has 0 spiro atoms. The molecule has 0 aliphatic carbocycles. The minimum absolute atomic E-state index is 0.496. The Kier molecular flexibility index (Phi) is 4.89. The number of anilines is 2. The fraction of sp³-hybridized carbons (Fsp3) is 0.174. The van der Waals surface area contributed by atoms with Gasteiger partial charge in [-0.3, -0.25) is 10.4 Å². The molecule has 1 aromatic carbocycles. The number of hydrogen-bond donors (Lipinski definition) is 2. The van der Waals surface area contributed by atoms with Crippen molar-refractivity contribution < 1.29 is 4.74 Å². The maximum Gasteiger partial charge on any atom is 0.256 e. The van der Waals surface area contributed by atoms with E-state index in [9.17, 15) is 0 Å². The second-order valence-electron chi connectivity index (χ2n) is 7.64. The van der Waals surface area contributed by atoms with Crippen molar-refractivity contribution in [3.63, 3.8) is 0 Å². The summed E-state index contributed by atoms with van der Waals surface area (Å²) >= 11 is 0. The molecule has 1 saturated heterocycles. The number of aromatic nitrogens is 6. The molecule has 1 fully saturated rings. The Labute approximate surface area is 189 Å². The van der Waals surface area contributed by atoms with E-state index in [4.69, 9.17) is 9.84 Å². The number of hydrogen-bond acceptors (Lipinski definition) is 8. The van der Waals surface area contributed by atoms with E-state index in [0.717, 1.165) is 40.9 Å². The van der Waals surface area contributed by atoms with Crippen molar-refractivity contribution in [2.24, 2.45) is 5.10 Å². The van der Waals surface area contributed by atoms with Crippen LogP contribution in [-0.4, -0.2) is 62.1 Å². The number of fused-ring (bicyclic) bond motifs is 2. The topological polar surface area (TPSA) is 109 Å². The molecule has 1 aliphatic heterocycles. The van der Waals surface area contributed by atoms with Gasteiger partial charge in [0.25, 0.3) is 5.78 Å². The summed E-state index contributed by atoms with van der Waals surface area (Å²) in [5.41, 5.74) is 6.01. The number of pyridine rings is 1. The standard InChI is InChI=1S/C23H21N9O/c1-2-4-19-18(3-1)17(14-25-19)15-26-29-20-13-21(31-9-11-33-12-10-31)32-23(27-20)28-22(30-32)16-5-7-24-8-6-16/h1-8,13-15,25H,9-12H2,(H,27,28,29,30)/b26-15+. The van der Waals surface area contributed by atoms with Gasteiger partial charge in [0.05, 0.1) is 19.4 Å². The number of ether oxygens (including phenoxy) is 1. The first-order valence-corrected chi connectivity index (χ1v) is 10.7. The molecule has 10 heteroatoms. The predicted molar refractivity (Wildman–Crippen MR) is 127 cm³/mol. The molecule has 6 rings (SSSR count). The van der Waals surface area contributed by atoms with Crippen molar-refractivity contribution in [3.8, 4) is 11.4 Å². The first kappa shape index (κ1) is 19.4. The largest absolute Gasteiger partial charge is 0.378 e. The Morgan fingerprint density at radius 2 is 1.91 bits per heavy atom. The lowest BCUT2D eigenvalue weighted by molar-refractivity contribution is 0.122. The fourth-order valence-corrected chi connectivity index (χ4v) is 3.92. The van der Waals surface area contributed by atoms with Gasteiger partial charge in [-0.15, -0.1) is 5.10 Å². The number of nitrogens with one attached hydrogen (secondary N) is 2. The van der Waals surface area contributed by atoms with Crippen molar-refractivity contribution in [3.05, 3.63) is 66.6 Å². The zero-order valence-electron chi connectivity index (χ0n) is 17.7. The molecule has 1 aliphatic rings.